The molecule has 3 atom stereocenters. The number of carbonyl (C=O) groups is 5. The molecule has 2 unspecified atom stereocenters. The quantitative estimate of drug-likeness (QED) is 0.0640. The maximum Gasteiger partial charge on any atom is 0.394 e. The number of rotatable bonds is 20. The van der Waals surface area contributed by atoms with Crippen LogP contribution in [0.2, 0.25) is 0 Å². The number of nitrogens with one attached hydrogen (secondary N) is 1. The summed E-state index contributed by atoms with van der Waals surface area (Å²) in [7, 11) is 4.86. The van der Waals surface area contributed by atoms with E-state index < -0.39 is 17.4 Å². The molecule has 0 aromatic carbocycles. The SMILES string of the molecule is C=C(Cl)/C=C(/C[C@@H](C(=O)N1CCCC1COC(=O)SOCCCCC(C=O)N(C)C(=O)CC1CC1)N(C)C(=O)CNC)C(=C)Cl. The van der Waals surface area contributed by atoms with Gasteiger partial charge in [-0.15, -0.1) is 0 Å². The third kappa shape index (κ3) is 13.5. The number of hydrogen-bond acceptors (Lipinski definition) is 9. The van der Waals surface area contributed by atoms with Crippen LogP contribution in [-0.4, -0.2) is 110 Å². The fourth-order valence-electron chi connectivity index (χ4n) is 5.02. The lowest BCUT2D eigenvalue weighted by molar-refractivity contribution is -0.145. The lowest BCUT2D eigenvalue weighted by atomic mass is 10.0. The molecule has 2 fully saturated rings. The number of carbonyl (C=O) groups excluding carboxylic acids is 5. The maximum absolute atomic E-state index is 13.8. The van der Waals surface area contributed by atoms with Gasteiger partial charge in [-0.25, -0.2) is 4.79 Å². The van der Waals surface area contributed by atoms with Gasteiger partial charge < -0.3 is 33.7 Å². The van der Waals surface area contributed by atoms with E-state index in [1.54, 1.807) is 26.0 Å². The molecule has 0 aromatic rings. The highest BCUT2D eigenvalue weighted by atomic mass is 35.5. The molecule has 1 heterocycles. The van der Waals surface area contributed by atoms with Crippen molar-refractivity contribution in [2.45, 2.75) is 75.9 Å². The first-order valence-corrected chi connectivity index (χ1v) is 16.7. The third-order valence-corrected chi connectivity index (χ3v) is 8.82. The molecule has 0 bridgehead atoms. The number of halogens is 2. The summed E-state index contributed by atoms with van der Waals surface area (Å²) in [5.41, 5.74) is 0.477. The molecule has 1 N–H and O–H groups in total. The van der Waals surface area contributed by atoms with Crippen LogP contribution in [0.4, 0.5) is 4.79 Å². The fourth-order valence-corrected chi connectivity index (χ4v) is 5.70. The highest BCUT2D eigenvalue weighted by Crippen LogP contribution is 2.33. The first-order valence-electron chi connectivity index (χ1n) is 15.2. The summed E-state index contributed by atoms with van der Waals surface area (Å²) in [6.07, 6.45) is 8.16. The van der Waals surface area contributed by atoms with Crippen molar-refractivity contribution in [3.05, 3.63) is 34.9 Å². The zero-order valence-electron chi connectivity index (χ0n) is 26.4. The zero-order valence-corrected chi connectivity index (χ0v) is 28.8. The number of allylic oxidation sites excluding steroid dienone is 3. The van der Waals surface area contributed by atoms with Crippen LogP contribution in [0, 0.1) is 5.92 Å². The van der Waals surface area contributed by atoms with Gasteiger partial charge in [0.2, 0.25) is 17.7 Å². The Hall–Kier alpha value is -2.38. The molecule has 1 saturated heterocycles. The van der Waals surface area contributed by atoms with E-state index in [4.69, 9.17) is 32.1 Å². The lowest BCUT2D eigenvalue weighted by Crippen LogP contribution is -2.53. The molecule has 1 saturated carbocycles. The molecule has 14 heteroatoms. The molecule has 0 radical (unpaired) electrons. The molecule has 252 valence electrons. The number of aldehydes is 1. The average molecular weight is 690 g/mol. The number of hydrogen-bond donors (Lipinski definition) is 1. The lowest BCUT2D eigenvalue weighted by Gasteiger charge is -2.34. The van der Waals surface area contributed by atoms with Gasteiger partial charge in [-0.2, -0.15) is 0 Å². The number of ether oxygens (including phenoxy) is 1. The van der Waals surface area contributed by atoms with E-state index in [2.05, 4.69) is 18.5 Å². The topological polar surface area (TPSA) is 126 Å². The Labute approximate surface area is 280 Å². The maximum atomic E-state index is 13.8. The van der Waals surface area contributed by atoms with Gasteiger partial charge in [-0.3, -0.25) is 14.4 Å². The van der Waals surface area contributed by atoms with Gasteiger partial charge in [0, 0.05) is 43.5 Å². The first-order chi connectivity index (χ1) is 21.4. The molecule has 2 aliphatic rings. The molecule has 45 heavy (non-hydrogen) atoms. The van der Waals surface area contributed by atoms with Gasteiger partial charge in [0.1, 0.15) is 31.0 Å². The Morgan fingerprint density at radius 2 is 1.80 bits per heavy atom. The van der Waals surface area contributed by atoms with E-state index in [1.165, 1.54) is 15.9 Å². The van der Waals surface area contributed by atoms with Crippen molar-refractivity contribution >= 4 is 64.6 Å². The zero-order chi connectivity index (χ0) is 33.5. The molecular formula is C31H46Cl2N4O7S. The van der Waals surface area contributed by atoms with Crippen LogP contribution in [-0.2, 0) is 28.1 Å². The summed E-state index contributed by atoms with van der Waals surface area (Å²) >= 11 is 12.7. The molecule has 3 amide bonds. The highest BCUT2D eigenvalue weighted by Gasteiger charge is 2.37. The van der Waals surface area contributed by atoms with E-state index >= 15 is 0 Å². The van der Waals surface area contributed by atoms with Crippen LogP contribution in [0.5, 0.6) is 0 Å². The van der Waals surface area contributed by atoms with Gasteiger partial charge in [0.05, 0.1) is 25.2 Å². The Morgan fingerprint density at radius 1 is 1.09 bits per heavy atom. The number of amides is 3. The Bertz CT molecular complexity index is 1120. The molecule has 0 spiro atoms. The van der Waals surface area contributed by atoms with Gasteiger partial charge in [0.15, 0.2) is 0 Å². The van der Waals surface area contributed by atoms with Crippen molar-refractivity contribution in [2.24, 2.45) is 5.92 Å². The van der Waals surface area contributed by atoms with Crippen molar-refractivity contribution < 1.29 is 32.9 Å². The predicted molar refractivity (Wildman–Crippen MR) is 177 cm³/mol. The standard InChI is InChI=1S/C31H46Cl2N4O7S/c1-21(32)15-24(22(2)33)17-27(36(5)29(40)18-34-3)30(41)37-13-8-10-26(37)20-43-31(42)45-44-14-7-6-9-25(19-38)35(4)28(39)16-23-11-12-23/h15,19,23,25-27,34H,1-2,6-14,16-18,20H2,3-5H3/b24-15-/t25?,26?,27-/m0/s1. The summed E-state index contributed by atoms with van der Waals surface area (Å²) in [5.74, 6) is -0.132. The Kier molecular flexibility index (Phi) is 17.2. The minimum atomic E-state index is -0.896. The van der Waals surface area contributed by atoms with Crippen LogP contribution in [0.1, 0.15) is 57.8 Å². The monoisotopic (exact) mass is 688 g/mol. The molecule has 0 aromatic heterocycles. The minimum absolute atomic E-state index is 0.00291. The first kappa shape index (κ1) is 38.8. The second kappa shape index (κ2) is 20.0. The van der Waals surface area contributed by atoms with Crippen molar-refractivity contribution in [2.75, 3.05) is 47.4 Å². The van der Waals surface area contributed by atoms with Crippen molar-refractivity contribution in [3.8, 4) is 0 Å². The van der Waals surface area contributed by atoms with E-state index in [1.807, 2.05) is 0 Å². The third-order valence-electron chi connectivity index (χ3n) is 7.93. The highest BCUT2D eigenvalue weighted by molar-refractivity contribution is 8.09. The average Bonchev–Trinajstić information content (AvgIpc) is 3.68. The summed E-state index contributed by atoms with van der Waals surface area (Å²) in [6.45, 7) is 8.14. The van der Waals surface area contributed by atoms with E-state index in [0.717, 1.165) is 19.1 Å². The molecule has 11 nitrogen and oxygen atoms in total. The fraction of sp³-hybridized carbons (Fsp3) is 0.645. The summed E-state index contributed by atoms with van der Waals surface area (Å²) in [4.78, 5) is 67.2. The van der Waals surface area contributed by atoms with E-state index in [9.17, 15) is 24.0 Å². The predicted octanol–water partition coefficient (Wildman–Crippen LogP) is 4.64. The van der Waals surface area contributed by atoms with Gasteiger partial charge in [0.25, 0.3) is 0 Å². The number of likely N-dealkylation sites (tertiary alicyclic amines) is 1. The Balaban J connectivity index is 1.84. The normalized spacial score (nSPS) is 17.8. The second-order valence-electron chi connectivity index (χ2n) is 11.4. The molecule has 1 aliphatic heterocycles. The Morgan fingerprint density at radius 3 is 2.40 bits per heavy atom. The van der Waals surface area contributed by atoms with Crippen LogP contribution < -0.4 is 5.32 Å². The molecule has 1 aliphatic carbocycles. The van der Waals surface area contributed by atoms with E-state index in [0.29, 0.717) is 68.6 Å². The van der Waals surface area contributed by atoms with Crippen LogP contribution in [0.15, 0.2) is 34.9 Å². The van der Waals surface area contributed by atoms with Crippen LogP contribution in [0.25, 0.3) is 0 Å². The number of unbranched alkanes of at least 4 members (excludes halogenated alkanes) is 1. The summed E-state index contributed by atoms with van der Waals surface area (Å²) in [5, 5.41) is 2.56. The van der Waals surface area contributed by atoms with Gasteiger partial charge in [-0.05, 0) is 69.6 Å². The van der Waals surface area contributed by atoms with Crippen molar-refractivity contribution in [1.82, 2.24) is 20.0 Å². The van der Waals surface area contributed by atoms with Gasteiger partial charge in [-0.1, -0.05) is 36.4 Å². The van der Waals surface area contributed by atoms with Crippen LogP contribution >= 0.6 is 35.2 Å². The molecule has 2 rings (SSSR count). The van der Waals surface area contributed by atoms with Gasteiger partial charge >= 0.3 is 5.30 Å². The van der Waals surface area contributed by atoms with Crippen molar-refractivity contribution in [3.63, 3.8) is 0 Å². The second-order valence-corrected chi connectivity index (χ2v) is 13.1. The minimum Gasteiger partial charge on any atom is -0.454 e. The smallest absolute Gasteiger partial charge is 0.394 e. The van der Waals surface area contributed by atoms with E-state index in [-0.39, 0.29) is 60.0 Å². The largest absolute Gasteiger partial charge is 0.454 e. The molecular weight excluding hydrogens is 643 g/mol. The summed E-state index contributed by atoms with van der Waals surface area (Å²) < 4.78 is 10.8. The summed E-state index contributed by atoms with van der Waals surface area (Å²) in [6, 6.07) is -1.73. The van der Waals surface area contributed by atoms with Crippen LogP contribution in [0.3, 0.4) is 0 Å². The number of likely N-dealkylation sites (N-methyl/N-ethyl adjacent to an activating group) is 3. The number of nitrogens with zero attached hydrogens (tertiary/aromatic N) is 3. The van der Waals surface area contributed by atoms with Crippen molar-refractivity contribution in [1.29, 1.82) is 0 Å².